The molecule has 4 nitrogen and oxygen atoms in total. The second-order valence-corrected chi connectivity index (χ2v) is 6.40. The SMILES string of the molecule is C=C(CC/C(N)=N/O)[C@H]1CC(C)(C)[C@@H]1CCC(C)=O. The minimum Gasteiger partial charge on any atom is -0.409 e. The third-order valence-electron chi connectivity index (χ3n) is 4.40. The Morgan fingerprint density at radius 3 is 2.53 bits per heavy atom. The van der Waals surface area contributed by atoms with Gasteiger partial charge in [-0.25, -0.2) is 0 Å². The topological polar surface area (TPSA) is 75.7 Å². The molecule has 1 aliphatic carbocycles. The van der Waals surface area contributed by atoms with Crippen LogP contribution < -0.4 is 5.73 Å². The van der Waals surface area contributed by atoms with Crippen molar-refractivity contribution < 1.29 is 10.0 Å². The Bertz CT molecular complexity index is 386. The first-order valence-electron chi connectivity index (χ1n) is 6.91. The lowest BCUT2D eigenvalue weighted by Gasteiger charge is -2.53. The summed E-state index contributed by atoms with van der Waals surface area (Å²) in [5.74, 6) is 1.50. The summed E-state index contributed by atoms with van der Waals surface area (Å²) in [7, 11) is 0. The summed E-state index contributed by atoms with van der Waals surface area (Å²) < 4.78 is 0. The molecule has 0 heterocycles. The fraction of sp³-hybridized carbons (Fsp3) is 0.733. The van der Waals surface area contributed by atoms with Crippen LogP contribution in [0.15, 0.2) is 17.3 Å². The van der Waals surface area contributed by atoms with E-state index in [0.717, 1.165) is 19.3 Å². The maximum absolute atomic E-state index is 11.1. The largest absolute Gasteiger partial charge is 0.409 e. The Morgan fingerprint density at radius 1 is 1.42 bits per heavy atom. The molecule has 0 spiro atoms. The van der Waals surface area contributed by atoms with Crippen LogP contribution in [0.25, 0.3) is 0 Å². The van der Waals surface area contributed by atoms with E-state index in [1.54, 1.807) is 6.92 Å². The Balaban J connectivity index is 2.52. The van der Waals surface area contributed by atoms with Crippen LogP contribution in [0, 0.1) is 17.3 Å². The molecule has 0 unspecified atom stereocenters. The maximum Gasteiger partial charge on any atom is 0.139 e. The van der Waals surface area contributed by atoms with E-state index < -0.39 is 0 Å². The zero-order valence-electron chi connectivity index (χ0n) is 12.3. The summed E-state index contributed by atoms with van der Waals surface area (Å²) >= 11 is 0. The zero-order chi connectivity index (χ0) is 14.6. The number of hydrogen-bond acceptors (Lipinski definition) is 3. The number of ketones is 1. The van der Waals surface area contributed by atoms with Gasteiger partial charge in [0.05, 0.1) is 0 Å². The number of nitrogens with two attached hydrogens (primary N) is 1. The standard InChI is InChI=1S/C15H26N2O2/c1-10(5-8-14(16)17-19)12-9-15(3,4)13(12)7-6-11(2)18/h12-13,19H,1,5-9H2,2-4H3,(H2,16,17)/t12-,13-/m1/s1. The summed E-state index contributed by atoms with van der Waals surface area (Å²) in [6, 6.07) is 0. The van der Waals surface area contributed by atoms with Gasteiger partial charge in [0.15, 0.2) is 0 Å². The monoisotopic (exact) mass is 266 g/mol. The van der Waals surface area contributed by atoms with Crippen LogP contribution in [0.1, 0.15) is 52.9 Å². The van der Waals surface area contributed by atoms with Crippen molar-refractivity contribution in [2.24, 2.45) is 28.1 Å². The number of carbonyl (C=O) groups excluding carboxylic acids is 1. The Hall–Kier alpha value is -1.32. The minimum absolute atomic E-state index is 0.250. The Morgan fingerprint density at radius 2 is 2.05 bits per heavy atom. The molecule has 0 aromatic heterocycles. The van der Waals surface area contributed by atoms with Crippen LogP contribution in [0.5, 0.6) is 0 Å². The lowest BCUT2D eigenvalue weighted by atomic mass is 9.52. The van der Waals surface area contributed by atoms with Crippen molar-refractivity contribution in [1.82, 2.24) is 0 Å². The van der Waals surface area contributed by atoms with Gasteiger partial charge in [-0.15, -0.1) is 0 Å². The second kappa shape index (κ2) is 6.22. The maximum atomic E-state index is 11.1. The van der Waals surface area contributed by atoms with Crippen LogP contribution in [0.2, 0.25) is 0 Å². The number of allylic oxidation sites excluding steroid dienone is 1. The molecule has 0 aliphatic heterocycles. The molecule has 0 radical (unpaired) electrons. The lowest BCUT2D eigenvalue weighted by molar-refractivity contribution is -0.118. The molecule has 3 N–H and O–H groups in total. The van der Waals surface area contributed by atoms with Gasteiger partial charge in [-0.2, -0.15) is 0 Å². The summed E-state index contributed by atoms with van der Waals surface area (Å²) in [4.78, 5) is 11.1. The second-order valence-electron chi connectivity index (χ2n) is 6.40. The van der Waals surface area contributed by atoms with E-state index in [2.05, 4.69) is 25.6 Å². The van der Waals surface area contributed by atoms with Crippen LogP contribution in [-0.4, -0.2) is 16.8 Å². The number of amidine groups is 1. The summed E-state index contributed by atoms with van der Waals surface area (Å²) in [5.41, 5.74) is 6.94. The van der Waals surface area contributed by atoms with E-state index in [1.807, 2.05) is 0 Å². The molecule has 1 rings (SSSR count). The van der Waals surface area contributed by atoms with Gasteiger partial charge in [-0.05, 0) is 43.4 Å². The lowest BCUT2D eigenvalue weighted by Crippen LogP contribution is -2.44. The molecular formula is C15H26N2O2. The summed E-state index contributed by atoms with van der Waals surface area (Å²) in [5, 5.41) is 11.5. The number of oxime groups is 1. The van der Waals surface area contributed by atoms with Crippen LogP contribution in [-0.2, 0) is 4.79 Å². The molecular weight excluding hydrogens is 240 g/mol. The number of nitrogens with zero attached hydrogens (tertiary/aromatic N) is 1. The molecule has 0 saturated heterocycles. The Kier molecular flexibility index (Phi) is 5.15. The van der Waals surface area contributed by atoms with E-state index in [-0.39, 0.29) is 11.6 Å². The predicted molar refractivity (Wildman–Crippen MR) is 77.1 cm³/mol. The first-order valence-corrected chi connectivity index (χ1v) is 6.91. The van der Waals surface area contributed by atoms with E-state index >= 15 is 0 Å². The number of Topliss-reactive ketones (excluding diaryl/α,β-unsaturated/α-hetero) is 1. The fourth-order valence-corrected chi connectivity index (χ4v) is 3.15. The molecule has 0 amide bonds. The third kappa shape index (κ3) is 4.08. The van der Waals surface area contributed by atoms with Crippen molar-refractivity contribution in [3.63, 3.8) is 0 Å². The molecule has 1 fully saturated rings. The molecule has 1 saturated carbocycles. The predicted octanol–water partition coefficient (Wildman–Crippen LogP) is 3.10. The third-order valence-corrected chi connectivity index (χ3v) is 4.40. The van der Waals surface area contributed by atoms with E-state index in [9.17, 15) is 4.79 Å². The van der Waals surface area contributed by atoms with Crippen molar-refractivity contribution in [3.8, 4) is 0 Å². The normalized spacial score (nSPS) is 25.7. The van der Waals surface area contributed by atoms with Crippen LogP contribution in [0.4, 0.5) is 0 Å². The molecule has 1 aliphatic rings. The molecule has 4 heteroatoms. The molecule has 0 aromatic carbocycles. The van der Waals surface area contributed by atoms with E-state index in [4.69, 9.17) is 10.9 Å². The molecule has 2 atom stereocenters. The van der Waals surface area contributed by atoms with Gasteiger partial charge in [0, 0.05) is 12.8 Å². The number of carbonyl (C=O) groups is 1. The highest BCUT2D eigenvalue weighted by atomic mass is 16.4. The van der Waals surface area contributed by atoms with E-state index in [1.165, 1.54) is 5.57 Å². The highest BCUT2D eigenvalue weighted by molar-refractivity contribution is 5.79. The van der Waals surface area contributed by atoms with Crippen LogP contribution in [0.3, 0.4) is 0 Å². The molecule has 19 heavy (non-hydrogen) atoms. The van der Waals surface area contributed by atoms with E-state index in [0.29, 0.717) is 30.1 Å². The molecule has 108 valence electrons. The summed E-state index contributed by atoms with van der Waals surface area (Å²) in [6.45, 7) is 10.3. The molecule has 0 aromatic rings. The average Bonchev–Trinajstić information content (AvgIpc) is 2.32. The average molecular weight is 266 g/mol. The fourth-order valence-electron chi connectivity index (χ4n) is 3.15. The van der Waals surface area contributed by atoms with Gasteiger partial charge in [0.1, 0.15) is 11.6 Å². The van der Waals surface area contributed by atoms with Gasteiger partial charge >= 0.3 is 0 Å². The Labute approximate surface area is 115 Å². The van der Waals surface area contributed by atoms with Gasteiger partial charge < -0.3 is 15.7 Å². The quantitative estimate of drug-likeness (QED) is 0.244. The van der Waals surface area contributed by atoms with Gasteiger partial charge in [0.25, 0.3) is 0 Å². The first-order chi connectivity index (χ1) is 8.77. The molecule has 0 bridgehead atoms. The highest BCUT2D eigenvalue weighted by Gasteiger charge is 2.47. The smallest absolute Gasteiger partial charge is 0.139 e. The van der Waals surface area contributed by atoms with Gasteiger partial charge in [-0.3, -0.25) is 0 Å². The highest BCUT2D eigenvalue weighted by Crippen LogP contribution is 2.55. The first kappa shape index (κ1) is 15.7. The number of rotatable bonds is 7. The van der Waals surface area contributed by atoms with Crippen molar-refractivity contribution >= 4 is 11.6 Å². The van der Waals surface area contributed by atoms with Crippen molar-refractivity contribution in [2.75, 3.05) is 0 Å². The zero-order valence-corrected chi connectivity index (χ0v) is 12.3. The van der Waals surface area contributed by atoms with Gasteiger partial charge in [0.2, 0.25) is 0 Å². The van der Waals surface area contributed by atoms with Crippen molar-refractivity contribution in [1.29, 1.82) is 0 Å². The van der Waals surface area contributed by atoms with Crippen molar-refractivity contribution in [2.45, 2.75) is 52.9 Å². The number of hydrogen-bond donors (Lipinski definition) is 2. The summed E-state index contributed by atoms with van der Waals surface area (Å²) in [6.07, 6.45) is 4.01. The van der Waals surface area contributed by atoms with Crippen molar-refractivity contribution in [3.05, 3.63) is 12.2 Å². The van der Waals surface area contributed by atoms with Gasteiger partial charge in [-0.1, -0.05) is 31.2 Å². The van der Waals surface area contributed by atoms with Crippen LogP contribution >= 0.6 is 0 Å². The minimum atomic E-state index is 0.250.